The smallest absolute Gasteiger partial charge is 0.338 e. The number of fused-ring (bicyclic) bond motifs is 3. The highest BCUT2D eigenvalue weighted by Crippen LogP contribution is 2.38. The Kier molecular flexibility index (Phi) is 3.37. The Labute approximate surface area is 131 Å². The molecule has 0 bridgehead atoms. The van der Waals surface area contributed by atoms with Crippen molar-refractivity contribution >= 4 is 22.5 Å². The number of hydrogen-bond acceptors (Lipinski definition) is 5. The number of nitrogens with zero attached hydrogens (tertiary/aromatic N) is 1. The molecule has 0 saturated carbocycles. The van der Waals surface area contributed by atoms with Crippen molar-refractivity contribution in [2.24, 2.45) is 0 Å². The normalized spacial score (nSPS) is 23.4. The molecule has 0 heterocycles. The van der Waals surface area contributed by atoms with Gasteiger partial charge in [-0.25, -0.2) is 0 Å². The van der Waals surface area contributed by atoms with Gasteiger partial charge in [0.25, 0.3) is 0 Å². The lowest BCUT2D eigenvalue weighted by Gasteiger charge is -2.33. The molecule has 2 atom stereocenters. The van der Waals surface area contributed by atoms with Crippen LogP contribution in [0.1, 0.15) is 18.1 Å². The van der Waals surface area contributed by atoms with Gasteiger partial charge in [0.1, 0.15) is 0 Å². The first-order valence-corrected chi connectivity index (χ1v) is 7.03. The molecule has 2 aromatic carbocycles. The van der Waals surface area contributed by atoms with Crippen LogP contribution in [0.15, 0.2) is 36.4 Å². The van der Waals surface area contributed by atoms with Crippen LogP contribution in [0.2, 0.25) is 0 Å². The van der Waals surface area contributed by atoms with Gasteiger partial charge in [-0.05, 0) is 22.4 Å². The molecule has 23 heavy (non-hydrogen) atoms. The third-order valence-electron chi connectivity index (χ3n) is 4.14. The summed E-state index contributed by atoms with van der Waals surface area (Å²) in [5.41, 5.74) is -2.21. The number of amides is 1. The summed E-state index contributed by atoms with van der Waals surface area (Å²) in [6.45, 7) is 1.14. The second kappa shape index (κ2) is 5.13. The monoisotopic (exact) mass is 314 g/mol. The summed E-state index contributed by atoms with van der Waals surface area (Å²) < 4.78 is 0. The molecule has 1 amide bonds. The van der Waals surface area contributed by atoms with E-state index in [1.165, 1.54) is 6.07 Å². The maximum Gasteiger partial charge on any atom is 0.376 e. The Bertz CT molecular complexity index is 847. The van der Waals surface area contributed by atoms with Gasteiger partial charge in [0.05, 0.1) is 10.5 Å². The number of ketones is 1. The molecule has 0 saturated heterocycles. The molecule has 2 N–H and O–H groups in total. The highest BCUT2D eigenvalue weighted by molar-refractivity contribution is 5.98. The number of benzene rings is 2. The van der Waals surface area contributed by atoms with Crippen LogP contribution >= 0.6 is 0 Å². The topological polar surface area (TPSA) is 110 Å². The highest BCUT2D eigenvalue weighted by Gasteiger charge is 2.58. The summed E-state index contributed by atoms with van der Waals surface area (Å²) in [4.78, 5) is 34.3. The van der Waals surface area contributed by atoms with E-state index in [2.05, 4.69) is 5.32 Å². The largest absolute Gasteiger partial charge is 0.376 e. The molecule has 118 valence electrons. The zero-order chi connectivity index (χ0) is 16.8. The van der Waals surface area contributed by atoms with Crippen LogP contribution in [0.4, 0.5) is 0 Å². The second-order valence-corrected chi connectivity index (χ2v) is 5.57. The van der Waals surface area contributed by atoms with Crippen molar-refractivity contribution in [3.63, 3.8) is 0 Å². The maximum absolute atomic E-state index is 12.4. The SMILES string of the molecule is CC(=O)NC1C(=O)Cc2c(ccc3ccccc23)C1(O)[N+](=O)[O-]. The van der Waals surface area contributed by atoms with Crippen molar-refractivity contribution in [3.8, 4) is 0 Å². The van der Waals surface area contributed by atoms with Gasteiger partial charge in [-0.2, -0.15) is 0 Å². The van der Waals surface area contributed by atoms with Crippen molar-refractivity contribution in [3.05, 3.63) is 57.6 Å². The minimum atomic E-state index is -2.68. The van der Waals surface area contributed by atoms with Crippen LogP contribution in [-0.4, -0.2) is 27.8 Å². The van der Waals surface area contributed by atoms with E-state index >= 15 is 0 Å². The fourth-order valence-corrected chi connectivity index (χ4v) is 3.12. The minimum Gasteiger partial charge on any atom is -0.338 e. The summed E-state index contributed by atoms with van der Waals surface area (Å²) in [6.07, 6.45) is -0.0855. The van der Waals surface area contributed by atoms with Crippen molar-refractivity contribution in [2.45, 2.75) is 25.1 Å². The van der Waals surface area contributed by atoms with Gasteiger partial charge < -0.3 is 10.4 Å². The molecule has 0 radical (unpaired) electrons. The molecular formula is C16H14N2O5. The number of hydrogen-bond donors (Lipinski definition) is 2. The molecule has 0 aliphatic heterocycles. The molecular weight excluding hydrogens is 300 g/mol. The van der Waals surface area contributed by atoms with E-state index in [0.717, 1.165) is 12.3 Å². The van der Waals surface area contributed by atoms with Gasteiger partial charge in [-0.1, -0.05) is 30.3 Å². The van der Waals surface area contributed by atoms with Gasteiger partial charge in [0.2, 0.25) is 5.91 Å². The number of rotatable bonds is 2. The van der Waals surface area contributed by atoms with Crippen molar-refractivity contribution in [2.75, 3.05) is 0 Å². The fraction of sp³-hybridized carbons (Fsp3) is 0.250. The van der Waals surface area contributed by atoms with Crippen LogP contribution < -0.4 is 5.32 Å². The third kappa shape index (κ3) is 2.17. The summed E-state index contributed by atoms with van der Waals surface area (Å²) in [5, 5.41) is 26.0. The van der Waals surface area contributed by atoms with E-state index in [1.54, 1.807) is 18.2 Å². The quantitative estimate of drug-likeness (QED) is 0.486. The maximum atomic E-state index is 12.4. The number of Topliss-reactive ketones (excluding diaryl/α,β-unsaturated/α-hetero) is 1. The molecule has 1 aliphatic carbocycles. The third-order valence-corrected chi connectivity index (χ3v) is 4.14. The van der Waals surface area contributed by atoms with Gasteiger partial charge >= 0.3 is 5.72 Å². The van der Waals surface area contributed by atoms with E-state index < -0.39 is 28.4 Å². The van der Waals surface area contributed by atoms with Crippen molar-refractivity contribution in [1.82, 2.24) is 5.32 Å². The lowest BCUT2D eigenvalue weighted by atomic mass is 9.78. The number of carbonyl (C=O) groups is 2. The molecule has 1 aliphatic rings. The fourth-order valence-electron chi connectivity index (χ4n) is 3.12. The van der Waals surface area contributed by atoms with Gasteiger partial charge in [0, 0.05) is 13.3 Å². The summed E-state index contributed by atoms with van der Waals surface area (Å²) in [7, 11) is 0. The van der Waals surface area contributed by atoms with E-state index in [-0.39, 0.29) is 12.0 Å². The van der Waals surface area contributed by atoms with E-state index in [9.17, 15) is 24.8 Å². The first kappa shape index (κ1) is 15.1. The lowest BCUT2D eigenvalue weighted by Crippen LogP contribution is -2.61. The number of nitrogens with one attached hydrogen (secondary N) is 1. The summed E-state index contributed by atoms with van der Waals surface area (Å²) in [6, 6.07) is 8.65. The van der Waals surface area contributed by atoms with E-state index in [0.29, 0.717) is 10.9 Å². The molecule has 2 aromatic rings. The molecule has 0 aromatic heterocycles. The van der Waals surface area contributed by atoms with Crippen LogP contribution in [0.25, 0.3) is 10.8 Å². The van der Waals surface area contributed by atoms with Gasteiger partial charge in [-0.3, -0.25) is 19.7 Å². The van der Waals surface area contributed by atoms with E-state index in [1.807, 2.05) is 12.1 Å². The molecule has 7 nitrogen and oxygen atoms in total. The summed E-state index contributed by atoms with van der Waals surface area (Å²) in [5.74, 6) is -1.21. The Morgan fingerprint density at radius 3 is 2.70 bits per heavy atom. The molecule has 3 rings (SSSR count). The zero-order valence-corrected chi connectivity index (χ0v) is 12.3. The minimum absolute atomic E-state index is 0.0413. The zero-order valence-electron chi connectivity index (χ0n) is 12.3. The highest BCUT2D eigenvalue weighted by atomic mass is 16.7. The average molecular weight is 314 g/mol. The average Bonchev–Trinajstić information content (AvgIpc) is 2.50. The lowest BCUT2D eigenvalue weighted by molar-refractivity contribution is -0.638. The predicted molar refractivity (Wildman–Crippen MR) is 81.2 cm³/mol. The number of aliphatic hydroxyl groups is 1. The Hall–Kier alpha value is -2.80. The van der Waals surface area contributed by atoms with Crippen LogP contribution in [0.5, 0.6) is 0 Å². The Balaban J connectivity index is 2.30. The molecule has 7 heteroatoms. The van der Waals surface area contributed by atoms with Crippen LogP contribution in [0, 0.1) is 10.1 Å². The Morgan fingerprint density at radius 2 is 2.04 bits per heavy atom. The molecule has 2 unspecified atom stereocenters. The molecule has 0 spiro atoms. The van der Waals surface area contributed by atoms with E-state index in [4.69, 9.17) is 0 Å². The predicted octanol–water partition coefficient (Wildman–Crippen LogP) is 0.891. The van der Waals surface area contributed by atoms with Crippen LogP contribution in [-0.2, 0) is 21.7 Å². The second-order valence-electron chi connectivity index (χ2n) is 5.57. The van der Waals surface area contributed by atoms with Gasteiger partial charge in [-0.15, -0.1) is 0 Å². The van der Waals surface area contributed by atoms with Crippen molar-refractivity contribution < 1.29 is 19.6 Å². The first-order valence-electron chi connectivity index (χ1n) is 7.03. The number of carbonyl (C=O) groups excluding carboxylic acids is 2. The van der Waals surface area contributed by atoms with Gasteiger partial charge in [0.15, 0.2) is 11.8 Å². The first-order chi connectivity index (χ1) is 10.9. The summed E-state index contributed by atoms with van der Waals surface area (Å²) >= 11 is 0. The van der Waals surface area contributed by atoms with Crippen LogP contribution in [0.3, 0.4) is 0 Å². The van der Waals surface area contributed by atoms with Crippen molar-refractivity contribution in [1.29, 1.82) is 0 Å². The molecule has 0 fully saturated rings. The Morgan fingerprint density at radius 1 is 1.35 bits per heavy atom. The standard InChI is InChI=1S/C16H14N2O5/c1-9(19)17-15-14(20)8-12-11-5-3-2-4-10(11)6-7-13(12)16(15,21)18(22)23/h2-7,15,21H,8H2,1H3,(H,17,19). The number of nitro groups is 1.